The minimum atomic E-state index is -0.641. The summed E-state index contributed by atoms with van der Waals surface area (Å²) < 4.78 is 5.17. The Kier molecular flexibility index (Phi) is 4.57. The van der Waals surface area contributed by atoms with Gasteiger partial charge in [0.2, 0.25) is 0 Å². The standard InChI is InChI=1S/C18H12N2O6/c21-16-8-9-17(22)19(16)15-3-1-2-13(10-15)18(23)26-11-12-4-6-14(7-5-12)20(24)25/h1-10H,11H2. The van der Waals surface area contributed by atoms with Crippen LogP contribution in [0.15, 0.2) is 60.7 Å². The fourth-order valence-electron chi connectivity index (χ4n) is 2.37. The third-order valence-electron chi connectivity index (χ3n) is 3.67. The van der Waals surface area contributed by atoms with Crippen molar-refractivity contribution in [1.82, 2.24) is 0 Å². The average Bonchev–Trinajstić information content (AvgIpc) is 2.98. The van der Waals surface area contributed by atoms with E-state index in [2.05, 4.69) is 0 Å². The van der Waals surface area contributed by atoms with E-state index in [1.807, 2.05) is 0 Å². The first kappa shape index (κ1) is 17.0. The van der Waals surface area contributed by atoms with Crippen molar-refractivity contribution in [3.63, 3.8) is 0 Å². The number of nitro groups is 1. The van der Waals surface area contributed by atoms with E-state index in [0.717, 1.165) is 17.1 Å². The molecule has 3 rings (SSSR count). The fraction of sp³-hybridized carbons (Fsp3) is 0.0556. The van der Waals surface area contributed by atoms with Crippen LogP contribution >= 0.6 is 0 Å². The van der Waals surface area contributed by atoms with Crippen molar-refractivity contribution in [2.45, 2.75) is 6.61 Å². The van der Waals surface area contributed by atoms with Crippen molar-refractivity contribution in [3.8, 4) is 0 Å². The van der Waals surface area contributed by atoms with Crippen LogP contribution < -0.4 is 4.90 Å². The number of anilines is 1. The molecule has 130 valence electrons. The van der Waals surface area contributed by atoms with Gasteiger partial charge in [-0.2, -0.15) is 0 Å². The third-order valence-corrected chi connectivity index (χ3v) is 3.67. The van der Waals surface area contributed by atoms with Gasteiger partial charge in [-0.05, 0) is 35.9 Å². The maximum atomic E-state index is 12.2. The van der Waals surface area contributed by atoms with Crippen LogP contribution in [0.4, 0.5) is 11.4 Å². The van der Waals surface area contributed by atoms with Crippen LogP contribution in [0.25, 0.3) is 0 Å². The SMILES string of the molecule is O=C(OCc1ccc([N+](=O)[O-])cc1)c1cccc(N2C(=O)C=CC2=O)c1. The minimum absolute atomic E-state index is 0.0543. The topological polar surface area (TPSA) is 107 Å². The smallest absolute Gasteiger partial charge is 0.338 e. The molecule has 8 heteroatoms. The highest BCUT2D eigenvalue weighted by Gasteiger charge is 2.25. The Morgan fingerprint density at radius 1 is 1.04 bits per heavy atom. The molecule has 0 bridgehead atoms. The molecule has 0 radical (unpaired) electrons. The number of ether oxygens (including phenoxy) is 1. The van der Waals surface area contributed by atoms with Crippen molar-refractivity contribution in [1.29, 1.82) is 0 Å². The largest absolute Gasteiger partial charge is 0.457 e. The van der Waals surface area contributed by atoms with E-state index < -0.39 is 22.7 Å². The summed E-state index contributed by atoms with van der Waals surface area (Å²) in [6.45, 7) is -0.0653. The van der Waals surface area contributed by atoms with Gasteiger partial charge in [-0.1, -0.05) is 6.07 Å². The molecule has 1 heterocycles. The highest BCUT2D eigenvalue weighted by Crippen LogP contribution is 2.21. The molecule has 0 spiro atoms. The Bertz CT molecular complexity index is 915. The summed E-state index contributed by atoms with van der Waals surface area (Å²) in [5.41, 5.74) is 0.988. The Morgan fingerprint density at radius 3 is 2.31 bits per heavy atom. The van der Waals surface area contributed by atoms with Gasteiger partial charge in [0, 0.05) is 24.3 Å². The monoisotopic (exact) mass is 352 g/mol. The maximum Gasteiger partial charge on any atom is 0.338 e. The number of carbonyl (C=O) groups excluding carboxylic acids is 3. The number of esters is 1. The predicted octanol–water partition coefficient (Wildman–Crippen LogP) is 2.38. The number of non-ortho nitro benzene ring substituents is 1. The van der Waals surface area contributed by atoms with E-state index in [1.165, 1.54) is 48.5 Å². The molecule has 1 aliphatic heterocycles. The molecule has 0 saturated heterocycles. The summed E-state index contributed by atoms with van der Waals surface area (Å²) in [4.78, 5) is 46.7. The number of hydrogen-bond acceptors (Lipinski definition) is 6. The minimum Gasteiger partial charge on any atom is -0.457 e. The van der Waals surface area contributed by atoms with Gasteiger partial charge in [0.25, 0.3) is 17.5 Å². The first-order valence-corrected chi connectivity index (χ1v) is 7.52. The lowest BCUT2D eigenvalue weighted by atomic mass is 10.2. The second-order valence-corrected chi connectivity index (χ2v) is 5.40. The highest BCUT2D eigenvalue weighted by molar-refractivity contribution is 6.28. The summed E-state index contributed by atoms with van der Waals surface area (Å²) in [5, 5.41) is 10.6. The number of carbonyl (C=O) groups is 3. The van der Waals surface area contributed by atoms with Gasteiger partial charge >= 0.3 is 5.97 Å². The van der Waals surface area contributed by atoms with Crippen molar-refractivity contribution >= 4 is 29.2 Å². The van der Waals surface area contributed by atoms with Crippen molar-refractivity contribution in [2.75, 3.05) is 4.90 Å². The molecule has 0 unspecified atom stereocenters. The summed E-state index contributed by atoms with van der Waals surface area (Å²) in [6, 6.07) is 11.6. The van der Waals surface area contributed by atoms with Crippen LogP contribution in [-0.2, 0) is 20.9 Å². The zero-order chi connectivity index (χ0) is 18.7. The van der Waals surface area contributed by atoms with Gasteiger partial charge in [0.05, 0.1) is 16.2 Å². The summed E-state index contributed by atoms with van der Waals surface area (Å²) >= 11 is 0. The molecule has 0 saturated carbocycles. The second-order valence-electron chi connectivity index (χ2n) is 5.40. The molecule has 0 aliphatic carbocycles. The lowest BCUT2D eigenvalue weighted by Crippen LogP contribution is -2.29. The van der Waals surface area contributed by atoms with E-state index in [9.17, 15) is 24.5 Å². The van der Waals surface area contributed by atoms with Crippen LogP contribution in [-0.4, -0.2) is 22.7 Å². The van der Waals surface area contributed by atoms with Gasteiger partial charge in [0.15, 0.2) is 0 Å². The van der Waals surface area contributed by atoms with E-state index >= 15 is 0 Å². The van der Waals surface area contributed by atoms with Gasteiger partial charge in [0.1, 0.15) is 6.61 Å². The number of imide groups is 1. The molecule has 2 aromatic carbocycles. The third kappa shape index (κ3) is 3.48. The van der Waals surface area contributed by atoms with Crippen LogP contribution in [0.3, 0.4) is 0 Å². The Balaban J connectivity index is 1.68. The lowest BCUT2D eigenvalue weighted by molar-refractivity contribution is -0.384. The lowest BCUT2D eigenvalue weighted by Gasteiger charge is -2.14. The van der Waals surface area contributed by atoms with Crippen LogP contribution in [0, 0.1) is 10.1 Å². The molecule has 1 aliphatic rings. The van der Waals surface area contributed by atoms with Crippen molar-refractivity contribution < 1.29 is 24.0 Å². The molecule has 0 aromatic heterocycles. The highest BCUT2D eigenvalue weighted by atomic mass is 16.6. The molecule has 2 amide bonds. The van der Waals surface area contributed by atoms with E-state index in [4.69, 9.17) is 4.74 Å². The zero-order valence-electron chi connectivity index (χ0n) is 13.3. The number of nitrogens with zero attached hydrogens (tertiary/aromatic N) is 2. The normalized spacial score (nSPS) is 13.2. The van der Waals surface area contributed by atoms with E-state index in [1.54, 1.807) is 0 Å². The molecule has 0 fully saturated rings. The number of hydrogen-bond donors (Lipinski definition) is 0. The summed E-state index contributed by atoms with van der Waals surface area (Å²) in [6.07, 6.45) is 2.31. The second kappa shape index (κ2) is 6.98. The molecule has 2 aromatic rings. The van der Waals surface area contributed by atoms with E-state index in [0.29, 0.717) is 5.56 Å². The zero-order valence-corrected chi connectivity index (χ0v) is 13.3. The fourth-order valence-corrected chi connectivity index (χ4v) is 2.37. The molecule has 0 N–H and O–H groups in total. The number of benzene rings is 2. The first-order chi connectivity index (χ1) is 12.5. The predicted molar refractivity (Wildman–Crippen MR) is 90.3 cm³/mol. The van der Waals surface area contributed by atoms with Gasteiger partial charge in [-0.15, -0.1) is 0 Å². The van der Waals surface area contributed by atoms with Crippen LogP contribution in [0.2, 0.25) is 0 Å². The molecule has 0 atom stereocenters. The van der Waals surface area contributed by atoms with Gasteiger partial charge in [-0.3, -0.25) is 19.7 Å². The van der Waals surface area contributed by atoms with E-state index in [-0.39, 0.29) is 23.5 Å². The number of amides is 2. The average molecular weight is 352 g/mol. The van der Waals surface area contributed by atoms with Gasteiger partial charge < -0.3 is 4.74 Å². The molecule has 8 nitrogen and oxygen atoms in total. The molecular weight excluding hydrogens is 340 g/mol. The Morgan fingerprint density at radius 2 is 1.69 bits per heavy atom. The summed E-state index contributed by atoms with van der Waals surface area (Å²) in [7, 11) is 0. The Labute approximate surface area is 147 Å². The van der Waals surface area contributed by atoms with Crippen LogP contribution in [0.5, 0.6) is 0 Å². The maximum absolute atomic E-state index is 12.2. The molecule has 26 heavy (non-hydrogen) atoms. The summed E-state index contributed by atoms with van der Waals surface area (Å²) in [5.74, 6) is -1.60. The van der Waals surface area contributed by atoms with Crippen molar-refractivity contribution in [2.24, 2.45) is 0 Å². The first-order valence-electron chi connectivity index (χ1n) is 7.52. The quantitative estimate of drug-likeness (QED) is 0.354. The Hall–Kier alpha value is -3.81. The van der Waals surface area contributed by atoms with Crippen LogP contribution in [0.1, 0.15) is 15.9 Å². The van der Waals surface area contributed by atoms with Crippen molar-refractivity contribution in [3.05, 3.63) is 81.9 Å². The van der Waals surface area contributed by atoms with Gasteiger partial charge in [-0.25, -0.2) is 9.69 Å². The number of nitro benzene ring substituents is 1. The molecular formula is C18H12N2O6. The number of rotatable bonds is 5.